The Morgan fingerprint density at radius 2 is 1.96 bits per heavy atom. The van der Waals surface area contributed by atoms with E-state index >= 15 is 0 Å². The summed E-state index contributed by atoms with van der Waals surface area (Å²) in [4.78, 5) is 27.7. The van der Waals surface area contributed by atoms with Gasteiger partial charge in [0.05, 0.1) is 0 Å². The predicted octanol–water partition coefficient (Wildman–Crippen LogP) is 2.20. The summed E-state index contributed by atoms with van der Waals surface area (Å²) < 4.78 is 4.94. The predicted molar refractivity (Wildman–Crippen MR) is 94.3 cm³/mol. The smallest absolute Gasteiger partial charge is 0.325 e. The molecule has 0 bridgehead atoms. The molecule has 1 aromatic rings. The zero-order valence-corrected chi connectivity index (χ0v) is 14.7. The second kappa shape index (κ2) is 8.68. The van der Waals surface area contributed by atoms with Gasteiger partial charge in [0.15, 0.2) is 0 Å². The Kier molecular flexibility index (Phi) is 6.61. The number of methoxy groups -OCH3 is 1. The molecule has 1 saturated heterocycles. The van der Waals surface area contributed by atoms with Crippen LogP contribution in [-0.4, -0.2) is 56.7 Å². The summed E-state index contributed by atoms with van der Waals surface area (Å²) in [6.45, 7) is 6.74. The third-order valence-corrected chi connectivity index (χ3v) is 4.15. The van der Waals surface area contributed by atoms with Gasteiger partial charge in [-0.25, -0.2) is 4.79 Å². The highest BCUT2D eigenvalue weighted by Crippen LogP contribution is 2.23. The van der Waals surface area contributed by atoms with Gasteiger partial charge < -0.3 is 15.0 Å². The Morgan fingerprint density at radius 1 is 1.25 bits per heavy atom. The summed E-state index contributed by atoms with van der Waals surface area (Å²) in [5.41, 5.74) is 2.13. The summed E-state index contributed by atoms with van der Waals surface area (Å²) >= 11 is 0. The quantitative estimate of drug-likeness (QED) is 0.742. The van der Waals surface area contributed by atoms with Crippen molar-refractivity contribution in [3.8, 4) is 0 Å². The third kappa shape index (κ3) is 4.71. The van der Waals surface area contributed by atoms with Gasteiger partial charge in [-0.3, -0.25) is 9.69 Å². The maximum atomic E-state index is 12.5. The standard InChI is InChI=1S/C18H27N3O3/c1-14(2)15-5-7-16(8-6-15)21-11-10-20(18(21)23)13-17(22)19-9-4-12-24-3/h5-8,14H,4,9-13H2,1-3H3,(H,19,22). The lowest BCUT2D eigenvalue weighted by atomic mass is 10.0. The van der Waals surface area contributed by atoms with Gasteiger partial charge in [-0.2, -0.15) is 0 Å². The zero-order chi connectivity index (χ0) is 17.5. The van der Waals surface area contributed by atoms with Crippen LogP contribution in [0, 0.1) is 0 Å². The summed E-state index contributed by atoms with van der Waals surface area (Å²) in [6.07, 6.45) is 0.768. The largest absolute Gasteiger partial charge is 0.385 e. The maximum Gasteiger partial charge on any atom is 0.325 e. The highest BCUT2D eigenvalue weighted by Gasteiger charge is 2.30. The number of rotatable bonds is 8. The second-order valence-electron chi connectivity index (χ2n) is 6.30. The number of urea groups is 1. The van der Waals surface area contributed by atoms with E-state index in [1.54, 1.807) is 16.9 Å². The molecule has 0 saturated carbocycles. The topological polar surface area (TPSA) is 61.9 Å². The van der Waals surface area contributed by atoms with Crippen molar-refractivity contribution in [2.45, 2.75) is 26.2 Å². The van der Waals surface area contributed by atoms with Crippen molar-refractivity contribution in [1.82, 2.24) is 10.2 Å². The molecule has 0 spiro atoms. The number of ether oxygens (including phenoxy) is 1. The highest BCUT2D eigenvalue weighted by atomic mass is 16.5. The molecule has 1 fully saturated rings. The minimum atomic E-state index is -0.128. The van der Waals surface area contributed by atoms with E-state index in [1.165, 1.54) is 5.56 Å². The average molecular weight is 333 g/mol. The van der Waals surface area contributed by atoms with E-state index in [2.05, 4.69) is 31.3 Å². The highest BCUT2D eigenvalue weighted by molar-refractivity contribution is 5.96. The first-order chi connectivity index (χ1) is 11.5. The van der Waals surface area contributed by atoms with Gasteiger partial charge in [0.25, 0.3) is 0 Å². The van der Waals surface area contributed by atoms with Crippen molar-refractivity contribution in [1.29, 1.82) is 0 Å². The summed E-state index contributed by atoms with van der Waals surface area (Å²) in [5.74, 6) is 0.336. The molecule has 0 aliphatic carbocycles. The lowest BCUT2D eigenvalue weighted by Crippen LogP contribution is -2.40. The molecule has 6 heteroatoms. The van der Waals surface area contributed by atoms with Crippen LogP contribution in [0.3, 0.4) is 0 Å². The van der Waals surface area contributed by atoms with E-state index < -0.39 is 0 Å². The van der Waals surface area contributed by atoms with Gasteiger partial charge in [-0.15, -0.1) is 0 Å². The van der Waals surface area contributed by atoms with Gasteiger partial charge >= 0.3 is 6.03 Å². The fraction of sp³-hybridized carbons (Fsp3) is 0.556. The minimum absolute atomic E-state index is 0.104. The summed E-state index contributed by atoms with van der Waals surface area (Å²) in [5, 5.41) is 2.81. The van der Waals surface area contributed by atoms with E-state index in [1.807, 2.05) is 12.1 Å². The number of nitrogens with one attached hydrogen (secondary N) is 1. The van der Waals surface area contributed by atoms with Crippen LogP contribution in [0.25, 0.3) is 0 Å². The Balaban J connectivity index is 1.86. The van der Waals surface area contributed by atoms with E-state index in [4.69, 9.17) is 4.74 Å². The van der Waals surface area contributed by atoms with E-state index in [-0.39, 0.29) is 18.5 Å². The van der Waals surface area contributed by atoms with E-state index in [0.717, 1.165) is 12.1 Å². The molecule has 1 aliphatic heterocycles. The van der Waals surface area contributed by atoms with Crippen LogP contribution >= 0.6 is 0 Å². The number of carbonyl (C=O) groups is 2. The van der Waals surface area contributed by atoms with Crippen molar-refractivity contribution < 1.29 is 14.3 Å². The van der Waals surface area contributed by atoms with Crippen LogP contribution in [0.1, 0.15) is 31.7 Å². The van der Waals surface area contributed by atoms with Crippen LogP contribution in [0.5, 0.6) is 0 Å². The van der Waals surface area contributed by atoms with Crippen LogP contribution in [0.2, 0.25) is 0 Å². The summed E-state index contributed by atoms with van der Waals surface area (Å²) in [7, 11) is 1.63. The molecular formula is C18H27N3O3. The molecule has 6 nitrogen and oxygen atoms in total. The number of benzene rings is 1. The van der Waals surface area contributed by atoms with Gasteiger partial charge in [0.2, 0.25) is 5.91 Å². The van der Waals surface area contributed by atoms with Gasteiger partial charge in [0, 0.05) is 39.0 Å². The Hall–Kier alpha value is -2.08. The molecule has 2 rings (SSSR count). The van der Waals surface area contributed by atoms with Crippen molar-refractivity contribution >= 4 is 17.6 Å². The Bertz CT molecular complexity index is 557. The van der Waals surface area contributed by atoms with E-state index in [9.17, 15) is 9.59 Å². The third-order valence-electron chi connectivity index (χ3n) is 4.15. The number of anilines is 1. The fourth-order valence-corrected chi connectivity index (χ4v) is 2.68. The lowest BCUT2D eigenvalue weighted by Gasteiger charge is -2.19. The van der Waals surface area contributed by atoms with Gasteiger partial charge in [-0.1, -0.05) is 26.0 Å². The van der Waals surface area contributed by atoms with Crippen molar-refractivity contribution in [3.63, 3.8) is 0 Å². The molecule has 0 unspecified atom stereocenters. The Labute approximate surface area is 143 Å². The Morgan fingerprint density at radius 3 is 2.58 bits per heavy atom. The zero-order valence-electron chi connectivity index (χ0n) is 14.7. The molecule has 24 heavy (non-hydrogen) atoms. The van der Waals surface area contributed by atoms with Crippen LogP contribution < -0.4 is 10.2 Å². The molecule has 1 aromatic carbocycles. The second-order valence-corrected chi connectivity index (χ2v) is 6.30. The molecule has 0 radical (unpaired) electrons. The minimum Gasteiger partial charge on any atom is -0.385 e. The number of hydrogen-bond donors (Lipinski definition) is 1. The molecular weight excluding hydrogens is 306 g/mol. The van der Waals surface area contributed by atoms with Crippen molar-refractivity contribution in [2.24, 2.45) is 0 Å². The average Bonchev–Trinajstić information content (AvgIpc) is 2.92. The van der Waals surface area contributed by atoms with E-state index in [0.29, 0.717) is 32.2 Å². The molecule has 1 N–H and O–H groups in total. The number of amides is 3. The lowest BCUT2D eigenvalue weighted by molar-refractivity contribution is -0.121. The van der Waals surface area contributed by atoms with Crippen LogP contribution in [0.4, 0.5) is 10.5 Å². The molecule has 1 aliphatic rings. The fourth-order valence-electron chi connectivity index (χ4n) is 2.68. The first-order valence-corrected chi connectivity index (χ1v) is 8.45. The molecule has 132 valence electrons. The molecule has 1 heterocycles. The molecule has 0 aromatic heterocycles. The first-order valence-electron chi connectivity index (χ1n) is 8.45. The van der Waals surface area contributed by atoms with Crippen molar-refractivity contribution in [2.75, 3.05) is 44.8 Å². The molecule has 3 amide bonds. The number of carbonyl (C=O) groups excluding carboxylic acids is 2. The summed E-state index contributed by atoms with van der Waals surface area (Å²) in [6, 6.07) is 7.94. The SMILES string of the molecule is COCCCNC(=O)CN1CCN(c2ccc(C(C)C)cc2)C1=O. The van der Waals surface area contributed by atoms with Crippen LogP contribution in [-0.2, 0) is 9.53 Å². The monoisotopic (exact) mass is 333 g/mol. The van der Waals surface area contributed by atoms with Crippen LogP contribution in [0.15, 0.2) is 24.3 Å². The number of nitrogens with zero attached hydrogens (tertiary/aromatic N) is 2. The van der Waals surface area contributed by atoms with Crippen molar-refractivity contribution in [3.05, 3.63) is 29.8 Å². The number of hydrogen-bond acceptors (Lipinski definition) is 3. The van der Waals surface area contributed by atoms with Gasteiger partial charge in [0.1, 0.15) is 6.54 Å². The molecule has 0 atom stereocenters. The maximum absolute atomic E-state index is 12.5. The van der Waals surface area contributed by atoms with Gasteiger partial charge in [-0.05, 0) is 30.0 Å². The first kappa shape index (κ1) is 18.3. The normalized spacial score (nSPS) is 14.6.